The Kier molecular flexibility index (Phi) is 11.6. The molecule has 2 aliphatic heterocycles. The van der Waals surface area contributed by atoms with Crippen LogP contribution in [0.4, 0.5) is 11.4 Å². The predicted octanol–water partition coefficient (Wildman–Crippen LogP) is 4.28. The number of hydrogen-bond donors (Lipinski definition) is 3. The molecule has 258 valence electrons. The largest absolute Gasteiger partial charge is 0.491 e. The molecule has 3 aromatic rings. The molecular formula is C36H45N9O3S. The number of amidine groups is 1. The summed E-state index contributed by atoms with van der Waals surface area (Å²) in [5, 5.41) is 9.75. The van der Waals surface area contributed by atoms with E-state index in [0.29, 0.717) is 73.9 Å². The Labute approximate surface area is 291 Å². The third-order valence-corrected chi connectivity index (χ3v) is 9.70. The highest BCUT2D eigenvalue weighted by atomic mass is 32.1. The van der Waals surface area contributed by atoms with Gasteiger partial charge in [0.15, 0.2) is 0 Å². The van der Waals surface area contributed by atoms with Gasteiger partial charge in [-0.25, -0.2) is 9.98 Å². The molecule has 0 radical (unpaired) electrons. The second-order valence-corrected chi connectivity index (χ2v) is 13.4. The number of nitrogens with one attached hydrogen (secondary N) is 1. The van der Waals surface area contributed by atoms with Gasteiger partial charge in [-0.2, -0.15) is 0 Å². The zero-order chi connectivity index (χ0) is 35.1. The van der Waals surface area contributed by atoms with Crippen molar-refractivity contribution in [2.24, 2.45) is 21.6 Å². The molecule has 0 bridgehead atoms. The highest BCUT2D eigenvalue weighted by molar-refractivity contribution is 7.14. The topological polar surface area (TPSA) is 167 Å². The molecule has 2 aromatic carbocycles. The van der Waals surface area contributed by atoms with Gasteiger partial charge in [-0.15, -0.1) is 11.3 Å². The Bertz CT molecular complexity index is 1760. The molecule has 1 aromatic heterocycles. The molecule has 5 N–H and O–H groups in total. The molecule has 0 aliphatic carbocycles. The number of amides is 2. The van der Waals surface area contributed by atoms with Crippen molar-refractivity contribution in [3.63, 3.8) is 0 Å². The van der Waals surface area contributed by atoms with Crippen LogP contribution in [0, 0.1) is 11.3 Å². The Morgan fingerprint density at radius 1 is 1.20 bits per heavy atom. The number of likely N-dealkylation sites (tertiary alicyclic amines) is 1. The van der Waals surface area contributed by atoms with Gasteiger partial charge >= 0.3 is 0 Å². The van der Waals surface area contributed by atoms with Crippen LogP contribution >= 0.6 is 11.3 Å². The number of aliphatic imine (C=N–C) groups is 2. The molecule has 1 fully saturated rings. The molecule has 49 heavy (non-hydrogen) atoms. The van der Waals surface area contributed by atoms with Crippen LogP contribution in [0.5, 0.6) is 5.75 Å². The first kappa shape index (κ1) is 35.4. The SMILES string of the molecule is CCN(C(=O)[C@@H]1CCN(CC(=O)N2CC=C(c3ncc(C(N)=NC=NC)s3)CC2)C1)c1ccc(N)c(C(=N)c2ccc(OC(C)C)cc2)c1. The maximum atomic E-state index is 13.8. The third-order valence-electron chi connectivity index (χ3n) is 8.60. The van der Waals surface area contributed by atoms with Crippen LogP contribution in [0.25, 0.3) is 5.57 Å². The number of hydrogen-bond acceptors (Lipinski definition) is 9. The summed E-state index contributed by atoms with van der Waals surface area (Å²) in [5.74, 6) is 0.948. The van der Waals surface area contributed by atoms with Gasteiger partial charge in [0.05, 0.1) is 29.2 Å². The smallest absolute Gasteiger partial charge is 0.237 e. The van der Waals surface area contributed by atoms with E-state index in [1.165, 1.54) is 17.7 Å². The number of ether oxygens (including phenoxy) is 1. The summed E-state index contributed by atoms with van der Waals surface area (Å²) in [4.78, 5) is 46.0. The van der Waals surface area contributed by atoms with Crippen LogP contribution in [-0.4, -0.2) is 96.9 Å². The van der Waals surface area contributed by atoms with E-state index in [9.17, 15) is 9.59 Å². The Hall–Kier alpha value is -4.88. The lowest BCUT2D eigenvalue weighted by atomic mass is 9.99. The van der Waals surface area contributed by atoms with Gasteiger partial charge < -0.3 is 26.0 Å². The Balaban J connectivity index is 1.17. The van der Waals surface area contributed by atoms with Crippen LogP contribution in [0.1, 0.15) is 54.6 Å². The van der Waals surface area contributed by atoms with E-state index >= 15 is 0 Å². The summed E-state index contributed by atoms with van der Waals surface area (Å²) in [6, 6.07) is 12.8. The molecule has 1 atom stereocenters. The van der Waals surface area contributed by atoms with Crippen molar-refractivity contribution < 1.29 is 14.3 Å². The van der Waals surface area contributed by atoms with Crippen LogP contribution in [0.3, 0.4) is 0 Å². The first-order chi connectivity index (χ1) is 23.6. The molecule has 2 amide bonds. The van der Waals surface area contributed by atoms with Crippen molar-refractivity contribution in [2.75, 3.05) is 56.9 Å². The van der Waals surface area contributed by atoms with E-state index in [0.717, 1.165) is 21.2 Å². The van der Waals surface area contributed by atoms with Gasteiger partial charge in [0.1, 0.15) is 22.9 Å². The summed E-state index contributed by atoms with van der Waals surface area (Å²) in [6.07, 6.45) is 6.62. The molecule has 12 nitrogen and oxygen atoms in total. The van der Waals surface area contributed by atoms with Crippen molar-refractivity contribution in [3.8, 4) is 5.75 Å². The number of rotatable bonds is 12. The maximum absolute atomic E-state index is 13.8. The standard InChI is InChI=1S/C36H45N9O3S/c1-5-45(27-8-11-30(37)29(18-27)33(38)24-6-9-28(10-7-24)48-23(2)3)36(47)26-12-15-43(20-26)21-32(46)44-16-13-25(14-17-44)35-41-19-31(49-35)34(39)42-22-40-4/h6-11,13,18-19,22-23,26,38H,5,12,14-17,20-21,37H2,1-4H3,(H2,39,40,42)/t26-/m1/s1. The molecule has 0 unspecified atom stereocenters. The second kappa shape index (κ2) is 16.0. The van der Waals surface area contributed by atoms with E-state index in [2.05, 4.69) is 25.9 Å². The predicted molar refractivity (Wildman–Crippen MR) is 198 cm³/mol. The van der Waals surface area contributed by atoms with Crippen molar-refractivity contribution in [2.45, 2.75) is 39.7 Å². The number of nitrogens with zero attached hydrogens (tertiary/aromatic N) is 6. The van der Waals surface area contributed by atoms with Crippen LogP contribution in [0.2, 0.25) is 0 Å². The molecule has 1 saturated heterocycles. The highest BCUT2D eigenvalue weighted by Crippen LogP contribution is 2.29. The van der Waals surface area contributed by atoms with Gasteiger partial charge in [-0.05, 0) is 88.2 Å². The third kappa shape index (κ3) is 8.59. The van der Waals surface area contributed by atoms with E-state index in [-0.39, 0.29) is 36.1 Å². The number of thiazole rings is 1. The average molecular weight is 684 g/mol. The van der Waals surface area contributed by atoms with Crippen molar-refractivity contribution in [1.29, 1.82) is 5.41 Å². The highest BCUT2D eigenvalue weighted by Gasteiger charge is 2.33. The van der Waals surface area contributed by atoms with E-state index in [1.54, 1.807) is 24.2 Å². The quantitative estimate of drug-likeness (QED) is 0.146. The minimum atomic E-state index is -0.228. The lowest BCUT2D eigenvalue weighted by Gasteiger charge is -2.28. The molecule has 5 rings (SSSR count). The summed E-state index contributed by atoms with van der Waals surface area (Å²) in [7, 11) is 1.63. The number of nitrogens with two attached hydrogens (primary N) is 2. The molecule has 0 saturated carbocycles. The number of aromatic nitrogens is 1. The molecule has 0 spiro atoms. The summed E-state index contributed by atoms with van der Waals surface area (Å²) in [6.45, 7) is 8.94. The number of benzene rings is 2. The first-order valence-corrected chi connectivity index (χ1v) is 17.4. The Morgan fingerprint density at radius 3 is 2.65 bits per heavy atom. The Morgan fingerprint density at radius 2 is 1.98 bits per heavy atom. The van der Waals surface area contributed by atoms with Crippen molar-refractivity contribution in [3.05, 3.63) is 75.7 Å². The van der Waals surface area contributed by atoms with Crippen LogP contribution < -0.4 is 21.1 Å². The summed E-state index contributed by atoms with van der Waals surface area (Å²) < 4.78 is 5.74. The van der Waals surface area contributed by atoms with Crippen molar-refractivity contribution >= 4 is 58.0 Å². The number of carbonyl (C=O) groups excluding carboxylic acids is 2. The molecular weight excluding hydrogens is 639 g/mol. The number of carbonyl (C=O) groups is 2. The molecule has 2 aliphatic rings. The van der Waals surface area contributed by atoms with Crippen LogP contribution in [0.15, 0.2) is 64.7 Å². The van der Waals surface area contributed by atoms with Gasteiger partial charge in [-0.3, -0.25) is 24.9 Å². The van der Waals surface area contributed by atoms with Crippen molar-refractivity contribution in [1.82, 2.24) is 14.8 Å². The zero-order valence-electron chi connectivity index (χ0n) is 28.6. The monoisotopic (exact) mass is 683 g/mol. The van der Waals surface area contributed by atoms with Crippen LogP contribution in [-0.2, 0) is 9.59 Å². The summed E-state index contributed by atoms with van der Waals surface area (Å²) in [5.41, 5.74) is 16.1. The molecule has 3 heterocycles. The fourth-order valence-corrected chi connectivity index (χ4v) is 6.92. The van der Waals surface area contributed by atoms with Gasteiger partial charge in [0, 0.05) is 61.9 Å². The minimum Gasteiger partial charge on any atom is -0.491 e. The van der Waals surface area contributed by atoms with E-state index in [4.69, 9.17) is 21.6 Å². The second-order valence-electron chi connectivity index (χ2n) is 12.4. The van der Waals surface area contributed by atoms with E-state index in [1.807, 2.05) is 62.1 Å². The molecule has 13 heteroatoms. The normalized spacial score (nSPS) is 17.1. The first-order valence-electron chi connectivity index (χ1n) is 16.5. The average Bonchev–Trinajstić information content (AvgIpc) is 3.79. The van der Waals surface area contributed by atoms with E-state index < -0.39 is 0 Å². The van der Waals surface area contributed by atoms with Gasteiger partial charge in [0.25, 0.3) is 0 Å². The lowest BCUT2D eigenvalue weighted by Crippen LogP contribution is -2.42. The van der Waals surface area contributed by atoms with Gasteiger partial charge in [0.2, 0.25) is 11.8 Å². The minimum absolute atomic E-state index is 0.0101. The van der Waals surface area contributed by atoms with Gasteiger partial charge in [-0.1, -0.05) is 6.08 Å². The fraction of sp³-hybridized carbons (Fsp3) is 0.389. The fourth-order valence-electron chi connectivity index (χ4n) is 6.03. The lowest BCUT2D eigenvalue weighted by molar-refractivity contribution is -0.132. The number of nitrogen functional groups attached to an aromatic ring is 1. The maximum Gasteiger partial charge on any atom is 0.237 e. The summed E-state index contributed by atoms with van der Waals surface area (Å²) >= 11 is 1.48. The zero-order valence-corrected chi connectivity index (χ0v) is 29.4. The number of anilines is 2.